The molecule has 2 rings (SSSR count). The van der Waals surface area contributed by atoms with Gasteiger partial charge in [0.25, 0.3) is 0 Å². The number of nitrogens with zero attached hydrogens (tertiary/aromatic N) is 2. The number of benzene rings is 2. The number of allylic oxidation sites excluding steroid dienone is 3. The Labute approximate surface area is 143 Å². The van der Waals surface area contributed by atoms with Gasteiger partial charge in [-0.1, -0.05) is 30.9 Å². The lowest BCUT2D eigenvalue weighted by atomic mass is 10.2. The zero-order valence-electron chi connectivity index (χ0n) is 14.0. The smallest absolute Gasteiger partial charge is 0.0858 e. The summed E-state index contributed by atoms with van der Waals surface area (Å²) in [5.41, 5.74) is 4.45. The molecule has 0 spiro atoms. The van der Waals surface area contributed by atoms with Crippen LogP contribution in [0.15, 0.2) is 101 Å². The van der Waals surface area contributed by atoms with Crippen LogP contribution in [-0.2, 0) is 0 Å². The van der Waals surface area contributed by atoms with E-state index in [4.69, 9.17) is 0 Å². The zero-order valence-corrected chi connectivity index (χ0v) is 14.0. The first kappa shape index (κ1) is 17.2. The van der Waals surface area contributed by atoms with E-state index in [1.165, 1.54) is 0 Å². The molecule has 0 unspecified atom stereocenters. The molecule has 122 valence electrons. The van der Waals surface area contributed by atoms with E-state index in [0.717, 1.165) is 22.6 Å². The van der Waals surface area contributed by atoms with Crippen molar-refractivity contribution in [3.05, 3.63) is 90.8 Å². The lowest BCUT2D eigenvalue weighted by Gasteiger charge is -2.05. The molecule has 0 saturated carbocycles. The molecule has 0 heterocycles. The van der Waals surface area contributed by atoms with Crippen molar-refractivity contribution in [2.45, 2.75) is 6.92 Å². The highest BCUT2D eigenvalue weighted by atomic mass is 15.1. The maximum atomic E-state index is 4.22. The lowest BCUT2D eigenvalue weighted by molar-refractivity contribution is 1.10. The second-order valence-corrected chi connectivity index (χ2v) is 5.18. The molecule has 0 aliphatic carbocycles. The molecule has 0 radical (unpaired) electrons. The first-order valence-corrected chi connectivity index (χ1v) is 7.73. The highest BCUT2D eigenvalue weighted by Gasteiger charge is 1.96. The molecular weight excluding hydrogens is 296 g/mol. The molecule has 2 aromatic rings. The third-order valence-electron chi connectivity index (χ3n) is 3.28. The quantitative estimate of drug-likeness (QED) is 0.507. The zero-order chi connectivity index (χ0) is 17.2. The minimum absolute atomic E-state index is 0.641. The normalized spacial score (nSPS) is 11.8. The van der Waals surface area contributed by atoms with Crippen molar-refractivity contribution in [2.75, 3.05) is 12.4 Å². The van der Waals surface area contributed by atoms with Gasteiger partial charge in [0, 0.05) is 18.4 Å². The van der Waals surface area contributed by atoms with E-state index in [-0.39, 0.29) is 0 Å². The molecule has 24 heavy (non-hydrogen) atoms. The predicted molar refractivity (Wildman–Crippen MR) is 102 cm³/mol. The molecule has 0 fully saturated rings. The van der Waals surface area contributed by atoms with Crippen LogP contribution < -0.4 is 10.6 Å². The molecule has 0 atom stereocenters. The van der Waals surface area contributed by atoms with Crippen molar-refractivity contribution in [1.82, 2.24) is 5.32 Å². The van der Waals surface area contributed by atoms with Crippen LogP contribution in [0.3, 0.4) is 0 Å². The van der Waals surface area contributed by atoms with Gasteiger partial charge in [-0.15, -0.1) is 0 Å². The molecule has 0 saturated heterocycles. The summed E-state index contributed by atoms with van der Waals surface area (Å²) >= 11 is 0. The SMILES string of the molecule is C=C(N=Nc1ccc(Nc2ccccc2)cc1)C(C)=CC=CNC. The Bertz CT molecular complexity index is 741. The van der Waals surface area contributed by atoms with Crippen LogP contribution in [0.25, 0.3) is 0 Å². The van der Waals surface area contributed by atoms with Crippen molar-refractivity contribution >= 4 is 17.1 Å². The average Bonchev–Trinajstić information content (AvgIpc) is 2.62. The minimum atomic E-state index is 0.641. The van der Waals surface area contributed by atoms with Crippen LogP contribution in [0, 0.1) is 0 Å². The van der Waals surface area contributed by atoms with Crippen molar-refractivity contribution in [2.24, 2.45) is 10.2 Å². The van der Waals surface area contributed by atoms with Gasteiger partial charge in [0.2, 0.25) is 0 Å². The van der Waals surface area contributed by atoms with Gasteiger partial charge < -0.3 is 10.6 Å². The van der Waals surface area contributed by atoms with E-state index in [1.54, 1.807) is 0 Å². The van der Waals surface area contributed by atoms with Crippen LogP contribution in [0.1, 0.15) is 6.92 Å². The van der Waals surface area contributed by atoms with Crippen molar-refractivity contribution in [3.63, 3.8) is 0 Å². The summed E-state index contributed by atoms with van der Waals surface area (Å²) in [6.07, 6.45) is 5.68. The number of hydrogen-bond acceptors (Lipinski definition) is 4. The van der Waals surface area contributed by atoms with E-state index in [1.807, 2.05) is 86.9 Å². The fourth-order valence-electron chi connectivity index (χ4n) is 1.88. The van der Waals surface area contributed by atoms with Crippen molar-refractivity contribution in [3.8, 4) is 0 Å². The molecule has 0 bridgehead atoms. The van der Waals surface area contributed by atoms with Crippen molar-refractivity contribution < 1.29 is 0 Å². The van der Waals surface area contributed by atoms with E-state index < -0.39 is 0 Å². The maximum Gasteiger partial charge on any atom is 0.0858 e. The topological polar surface area (TPSA) is 48.8 Å². The van der Waals surface area contributed by atoms with Gasteiger partial charge in [-0.05, 0) is 61.2 Å². The molecule has 4 nitrogen and oxygen atoms in total. The summed E-state index contributed by atoms with van der Waals surface area (Å²) in [6.45, 7) is 5.88. The van der Waals surface area contributed by atoms with Gasteiger partial charge in [-0.25, -0.2) is 0 Å². The highest BCUT2D eigenvalue weighted by molar-refractivity contribution is 5.61. The first-order valence-electron chi connectivity index (χ1n) is 7.73. The number of hydrogen-bond donors (Lipinski definition) is 2. The molecule has 4 heteroatoms. The number of nitrogens with one attached hydrogen (secondary N) is 2. The fourth-order valence-corrected chi connectivity index (χ4v) is 1.88. The third-order valence-corrected chi connectivity index (χ3v) is 3.28. The van der Waals surface area contributed by atoms with Gasteiger partial charge in [-0.2, -0.15) is 10.2 Å². The van der Waals surface area contributed by atoms with Gasteiger partial charge in [0.05, 0.1) is 11.4 Å². The van der Waals surface area contributed by atoms with Crippen LogP contribution in [0.5, 0.6) is 0 Å². The largest absolute Gasteiger partial charge is 0.394 e. The Morgan fingerprint density at radius 2 is 1.67 bits per heavy atom. The van der Waals surface area contributed by atoms with Crippen molar-refractivity contribution in [1.29, 1.82) is 0 Å². The highest BCUT2D eigenvalue weighted by Crippen LogP contribution is 2.21. The molecule has 0 aromatic heterocycles. The lowest BCUT2D eigenvalue weighted by Crippen LogP contribution is -1.90. The number of para-hydroxylation sites is 1. The second kappa shape index (κ2) is 9.10. The number of rotatable bonds is 7. The summed E-state index contributed by atoms with van der Waals surface area (Å²) in [5, 5.41) is 14.7. The van der Waals surface area contributed by atoms with E-state index in [0.29, 0.717) is 5.70 Å². The molecular formula is C20H22N4. The van der Waals surface area contributed by atoms with Crippen LogP contribution in [-0.4, -0.2) is 7.05 Å². The number of anilines is 2. The second-order valence-electron chi connectivity index (χ2n) is 5.18. The summed E-state index contributed by atoms with van der Waals surface area (Å²) < 4.78 is 0. The Morgan fingerprint density at radius 3 is 2.33 bits per heavy atom. The average molecular weight is 318 g/mol. The van der Waals surface area contributed by atoms with Gasteiger partial charge in [-0.3, -0.25) is 0 Å². The summed E-state index contributed by atoms with van der Waals surface area (Å²) in [7, 11) is 1.85. The van der Waals surface area contributed by atoms with Gasteiger partial charge >= 0.3 is 0 Å². The van der Waals surface area contributed by atoms with Crippen LogP contribution >= 0.6 is 0 Å². The number of azo groups is 1. The monoisotopic (exact) mass is 318 g/mol. The van der Waals surface area contributed by atoms with Crippen LogP contribution in [0.4, 0.5) is 17.1 Å². The first-order chi connectivity index (χ1) is 11.7. The Hall–Kier alpha value is -3.14. The predicted octanol–water partition coefficient (Wildman–Crippen LogP) is 5.71. The summed E-state index contributed by atoms with van der Waals surface area (Å²) in [4.78, 5) is 0. The molecule has 0 aliphatic rings. The van der Waals surface area contributed by atoms with E-state index in [9.17, 15) is 0 Å². The van der Waals surface area contributed by atoms with E-state index >= 15 is 0 Å². The summed E-state index contributed by atoms with van der Waals surface area (Å²) in [5.74, 6) is 0. The fraction of sp³-hybridized carbons (Fsp3) is 0.100. The molecule has 2 aromatic carbocycles. The Morgan fingerprint density at radius 1 is 1.00 bits per heavy atom. The molecule has 0 amide bonds. The third kappa shape index (κ3) is 5.57. The Kier molecular flexibility index (Phi) is 6.53. The van der Waals surface area contributed by atoms with Crippen LogP contribution in [0.2, 0.25) is 0 Å². The van der Waals surface area contributed by atoms with Gasteiger partial charge in [0.15, 0.2) is 0 Å². The maximum absolute atomic E-state index is 4.22. The standard InChI is InChI=1S/C20H22N4/c1-16(8-7-15-21-3)17(2)23-24-20-13-11-19(12-14-20)22-18-9-5-4-6-10-18/h4-15,21-22H,2H2,1,3H3. The van der Waals surface area contributed by atoms with Gasteiger partial charge in [0.1, 0.15) is 0 Å². The Balaban J connectivity index is 1.97. The van der Waals surface area contributed by atoms with E-state index in [2.05, 4.69) is 27.4 Å². The molecule has 0 aliphatic heterocycles. The molecule has 2 N–H and O–H groups in total. The minimum Gasteiger partial charge on any atom is -0.394 e. The summed E-state index contributed by atoms with van der Waals surface area (Å²) in [6, 6.07) is 17.8.